The summed E-state index contributed by atoms with van der Waals surface area (Å²) >= 11 is 0. The van der Waals surface area contributed by atoms with Crippen LogP contribution < -0.4 is 11.3 Å². The summed E-state index contributed by atoms with van der Waals surface area (Å²) in [5, 5.41) is 10.1. The van der Waals surface area contributed by atoms with Crippen LogP contribution in [0.2, 0.25) is 0 Å². The number of nitrogens with zero attached hydrogens (tertiary/aromatic N) is 1. The molecule has 0 atom stereocenters. The molecular formula is C20H19FN2O2. The number of hydrogen-bond donors (Lipinski definition) is 2. The molecule has 0 saturated heterocycles. The van der Waals surface area contributed by atoms with Crippen LogP contribution in [0.5, 0.6) is 0 Å². The van der Waals surface area contributed by atoms with Gasteiger partial charge >= 0.3 is 0 Å². The SMILES string of the molecule is NCc1ccc(-c2cc3c(cc2F)c(CO)cc(=O)n3C2CC2)cc1. The van der Waals surface area contributed by atoms with Crippen LogP contribution in [0.15, 0.2) is 47.3 Å². The molecule has 1 aromatic heterocycles. The van der Waals surface area contributed by atoms with Crippen molar-refractivity contribution in [2.75, 3.05) is 0 Å². The van der Waals surface area contributed by atoms with Gasteiger partial charge in [-0.05, 0) is 41.7 Å². The summed E-state index contributed by atoms with van der Waals surface area (Å²) in [4.78, 5) is 12.5. The van der Waals surface area contributed by atoms with Crippen LogP contribution in [0.1, 0.15) is 30.0 Å². The van der Waals surface area contributed by atoms with Crippen molar-refractivity contribution in [1.82, 2.24) is 4.57 Å². The van der Waals surface area contributed by atoms with Gasteiger partial charge in [0.15, 0.2) is 0 Å². The maximum absolute atomic E-state index is 14.8. The lowest BCUT2D eigenvalue weighted by Crippen LogP contribution is -2.20. The van der Waals surface area contributed by atoms with Crippen molar-refractivity contribution < 1.29 is 9.50 Å². The van der Waals surface area contributed by atoms with Crippen LogP contribution in [0.4, 0.5) is 4.39 Å². The topological polar surface area (TPSA) is 68.2 Å². The van der Waals surface area contributed by atoms with Crippen LogP contribution in [0.3, 0.4) is 0 Å². The van der Waals surface area contributed by atoms with Crippen LogP contribution in [0.25, 0.3) is 22.0 Å². The number of aliphatic hydroxyl groups is 1. The van der Waals surface area contributed by atoms with Crippen molar-refractivity contribution in [2.24, 2.45) is 5.73 Å². The molecule has 1 fully saturated rings. The van der Waals surface area contributed by atoms with E-state index in [-0.39, 0.29) is 24.0 Å². The highest BCUT2D eigenvalue weighted by Gasteiger charge is 2.27. The maximum Gasteiger partial charge on any atom is 0.251 e. The molecule has 128 valence electrons. The van der Waals surface area contributed by atoms with Crippen LogP contribution in [-0.2, 0) is 13.2 Å². The molecule has 1 aliphatic rings. The second-order valence-electron chi connectivity index (χ2n) is 6.52. The fraction of sp³-hybridized carbons (Fsp3) is 0.250. The number of aromatic nitrogens is 1. The maximum atomic E-state index is 14.8. The Balaban J connectivity index is 1.98. The molecule has 1 saturated carbocycles. The van der Waals surface area contributed by atoms with E-state index in [1.54, 1.807) is 10.6 Å². The van der Waals surface area contributed by atoms with E-state index in [9.17, 15) is 14.3 Å². The van der Waals surface area contributed by atoms with Gasteiger partial charge in [0.2, 0.25) is 0 Å². The quantitative estimate of drug-likeness (QED) is 0.768. The highest BCUT2D eigenvalue weighted by molar-refractivity contribution is 5.87. The summed E-state index contributed by atoms with van der Waals surface area (Å²) in [6.45, 7) is 0.142. The van der Waals surface area contributed by atoms with E-state index in [4.69, 9.17) is 5.73 Å². The summed E-state index contributed by atoms with van der Waals surface area (Å²) in [6, 6.07) is 12.1. The van der Waals surface area contributed by atoms with E-state index in [2.05, 4.69) is 0 Å². The van der Waals surface area contributed by atoms with Crippen molar-refractivity contribution in [3.05, 3.63) is 69.8 Å². The molecule has 5 heteroatoms. The highest BCUT2D eigenvalue weighted by Crippen LogP contribution is 2.38. The molecule has 0 spiro atoms. The zero-order valence-electron chi connectivity index (χ0n) is 13.7. The summed E-state index contributed by atoms with van der Waals surface area (Å²) in [6.07, 6.45) is 1.90. The Morgan fingerprint density at radius 3 is 2.48 bits per heavy atom. The second kappa shape index (κ2) is 6.10. The molecular weight excluding hydrogens is 319 g/mol. The molecule has 1 heterocycles. The minimum Gasteiger partial charge on any atom is -0.392 e. The molecule has 0 amide bonds. The standard InChI is InChI=1S/C20H19FN2O2/c21-18-8-17-14(11-24)7-20(25)23(15-5-6-15)19(17)9-16(18)13-3-1-12(10-22)2-4-13/h1-4,7-9,15,24H,5-6,10-11,22H2. The lowest BCUT2D eigenvalue weighted by molar-refractivity contribution is 0.283. The van der Waals surface area contributed by atoms with Gasteiger partial charge in [0.1, 0.15) is 5.82 Å². The first-order valence-corrected chi connectivity index (χ1v) is 8.40. The summed E-state index contributed by atoms with van der Waals surface area (Å²) < 4.78 is 16.5. The zero-order chi connectivity index (χ0) is 17.6. The first-order chi connectivity index (χ1) is 12.1. The Hall–Kier alpha value is -2.50. The van der Waals surface area contributed by atoms with E-state index in [0.29, 0.717) is 28.6 Å². The monoisotopic (exact) mass is 338 g/mol. The highest BCUT2D eigenvalue weighted by atomic mass is 19.1. The van der Waals surface area contributed by atoms with Crippen molar-refractivity contribution in [3.8, 4) is 11.1 Å². The van der Waals surface area contributed by atoms with E-state index < -0.39 is 0 Å². The van der Waals surface area contributed by atoms with Crippen molar-refractivity contribution in [2.45, 2.75) is 32.0 Å². The minimum absolute atomic E-state index is 0.143. The lowest BCUT2D eigenvalue weighted by Gasteiger charge is -2.14. The molecule has 3 aromatic rings. The number of halogens is 1. The number of aliphatic hydroxyl groups excluding tert-OH is 1. The normalized spacial score (nSPS) is 14.2. The van der Waals surface area contributed by atoms with Gasteiger partial charge in [-0.1, -0.05) is 24.3 Å². The average Bonchev–Trinajstić information content (AvgIpc) is 3.46. The average molecular weight is 338 g/mol. The Morgan fingerprint density at radius 2 is 1.88 bits per heavy atom. The van der Waals surface area contributed by atoms with E-state index in [1.807, 2.05) is 24.3 Å². The summed E-state index contributed by atoms with van der Waals surface area (Å²) in [7, 11) is 0. The molecule has 2 aromatic carbocycles. The fourth-order valence-electron chi connectivity index (χ4n) is 3.32. The number of fused-ring (bicyclic) bond motifs is 1. The van der Waals surface area contributed by atoms with Crippen molar-refractivity contribution >= 4 is 10.9 Å². The second-order valence-corrected chi connectivity index (χ2v) is 6.52. The number of nitrogens with two attached hydrogens (primary N) is 1. The Bertz CT molecular complexity index is 1000. The first-order valence-electron chi connectivity index (χ1n) is 8.40. The number of hydrogen-bond acceptors (Lipinski definition) is 3. The molecule has 4 nitrogen and oxygen atoms in total. The first kappa shape index (κ1) is 16.0. The van der Waals surface area contributed by atoms with Crippen LogP contribution >= 0.6 is 0 Å². The van der Waals surface area contributed by atoms with Gasteiger partial charge < -0.3 is 15.4 Å². The van der Waals surface area contributed by atoms with Gasteiger partial charge in [0.05, 0.1) is 12.1 Å². The molecule has 1 aliphatic carbocycles. The van der Waals surface area contributed by atoms with E-state index >= 15 is 0 Å². The minimum atomic E-state index is -0.372. The number of benzene rings is 2. The fourth-order valence-corrected chi connectivity index (χ4v) is 3.32. The van der Waals surface area contributed by atoms with Crippen molar-refractivity contribution in [3.63, 3.8) is 0 Å². The predicted molar refractivity (Wildman–Crippen MR) is 95.7 cm³/mol. The third kappa shape index (κ3) is 2.75. The molecule has 0 aliphatic heterocycles. The van der Waals surface area contributed by atoms with Gasteiger partial charge in [0.25, 0.3) is 5.56 Å². The Morgan fingerprint density at radius 1 is 1.16 bits per heavy atom. The van der Waals surface area contributed by atoms with Gasteiger partial charge in [-0.15, -0.1) is 0 Å². The predicted octanol–water partition coefficient (Wildman–Crippen LogP) is 3.09. The van der Waals surface area contributed by atoms with Crippen molar-refractivity contribution in [1.29, 1.82) is 0 Å². The lowest BCUT2D eigenvalue weighted by atomic mass is 9.99. The molecule has 4 rings (SSSR count). The number of pyridine rings is 1. The van der Waals surface area contributed by atoms with Gasteiger partial charge in [-0.25, -0.2) is 4.39 Å². The van der Waals surface area contributed by atoms with Crippen LogP contribution in [0, 0.1) is 5.82 Å². The van der Waals surface area contributed by atoms with Gasteiger partial charge in [-0.3, -0.25) is 4.79 Å². The molecule has 3 N–H and O–H groups in total. The van der Waals surface area contributed by atoms with Crippen LogP contribution in [-0.4, -0.2) is 9.67 Å². The number of rotatable bonds is 4. The third-order valence-electron chi connectivity index (χ3n) is 4.81. The molecule has 0 unspecified atom stereocenters. The van der Waals surface area contributed by atoms with Gasteiger partial charge in [-0.2, -0.15) is 0 Å². The summed E-state index contributed by atoms with van der Waals surface area (Å²) in [5.74, 6) is -0.372. The zero-order valence-corrected chi connectivity index (χ0v) is 13.7. The molecule has 0 bridgehead atoms. The smallest absolute Gasteiger partial charge is 0.251 e. The third-order valence-corrected chi connectivity index (χ3v) is 4.81. The largest absolute Gasteiger partial charge is 0.392 e. The molecule has 25 heavy (non-hydrogen) atoms. The van der Waals surface area contributed by atoms with E-state index in [1.165, 1.54) is 12.1 Å². The summed E-state index contributed by atoms with van der Waals surface area (Å²) in [5.41, 5.74) is 8.77. The van der Waals surface area contributed by atoms with E-state index in [0.717, 1.165) is 24.0 Å². The van der Waals surface area contributed by atoms with Gasteiger partial charge in [0, 0.05) is 29.6 Å². The Labute approximate surface area is 144 Å². The Kier molecular flexibility index (Phi) is 3.90. The molecule has 0 radical (unpaired) electrons.